The molecule has 1 amide bonds. The molecule has 1 N–H and O–H groups in total. The fraction of sp³-hybridized carbons (Fsp3) is 0.0800. The average molecular weight is 381 g/mol. The summed E-state index contributed by atoms with van der Waals surface area (Å²) in [7, 11) is 0. The Hall–Kier alpha value is -3.79. The van der Waals surface area contributed by atoms with E-state index >= 15 is 0 Å². The molecule has 29 heavy (non-hydrogen) atoms. The van der Waals surface area contributed by atoms with E-state index in [1.807, 2.05) is 66.7 Å². The molecule has 0 saturated carbocycles. The number of rotatable bonds is 5. The largest absolute Gasteiger partial charge is 0.467 e. The van der Waals surface area contributed by atoms with E-state index < -0.39 is 0 Å². The first-order valence-corrected chi connectivity index (χ1v) is 9.55. The van der Waals surface area contributed by atoms with Crippen LogP contribution >= 0.6 is 0 Å². The first kappa shape index (κ1) is 17.3. The van der Waals surface area contributed by atoms with E-state index in [0.29, 0.717) is 5.76 Å². The van der Waals surface area contributed by atoms with Gasteiger partial charge in [0.05, 0.1) is 18.9 Å². The third-order valence-electron chi connectivity index (χ3n) is 5.16. The number of hydrogen-bond acceptors (Lipinski definition) is 3. The number of carbonyl (C=O) groups is 1. The number of nitrogens with one attached hydrogen (secondary N) is 1. The molecule has 0 fully saturated rings. The second-order valence-corrected chi connectivity index (χ2v) is 7.02. The van der Waals surface area contributed by atoms with E-state index in [2.05, 4.69) is 17.4 Å². The van der Waals surface area contributed by atoms with Crippen molar-refractivity contribution < 1.29 is 13.6 Å². The maximum atomic E-state index is 13.0. The SMILES string of the molecule is O=C(Cc1coc2ccc3ccccc3c12)N[C@@H](c1ccccc1)c1ccco1. The van der Waals surface area contributed by atoms with Crippen molar-refractivity contribution in [1.29, 1.82) is 0 Å². The summed E-state index contributed by atoms with van der Waals surface area (Å²) in [5.74, 6) is 0.609. The molecule has 0 radical (unpaired) electrons. The highest BCUT2D eigenvalue weighted by Crippen LogP contribution is 2.30. The third kappa shape index (κ3) is 3.29. The lowest BCUT2D eigenvalue weighted by Gasteiger charge is -2.17. The van der Waals surface area contributed by atoms with Crippen molar-refractivity contribution in [3.63, 3.8) is 0 Å². The van der Waals surface area contributed by atoms with Crippen molar-refractivity contribution in [3.8, 4) is 0 Å². The predicted molar refractivity (Wildman–Crippen MR) is 113 cm³/mol. The first-order chi connectivity index (χ1) is 14.3. The van der Waals surface area contributed by atoms with Crippen LogP contribution in [-0.4, -0.2) is 5.91 Å². The lowest BCUT2D eigenvalue weighted by atomic mass is 10.0. The van der Waals surface area contributed by atoms with E-state index in [4.69, 9.17) is 8.83 Å². The van der Waals surface area contributed by atoms with Crippen LogP contribution in [0.25, 0.3) is 21.7 Å². The minimum atomic E-state index is -0.339. The fourth-order valence-corrected chi connectivity index (χ4v) is 3.81. The lowest BCUT2D eigenvalue weighted by Crippen LogP contribution is -2.30. The number of fused-ring (bicyclic) bond motifs is 3. The molecule has 0 spiro atoms. The third-order valence-corrected chi connectivity index (χ3v) is 5.16. The molecule has 4 heteroatoms. The van der Waals surface area contributed by atoms with Gasteiger partial charge in [-0.3, -0.25) is 4.79 Å². The fourth-order valence-electron chi connectivity index (χ4n) is 3.81. The van der Waals surface area contributed by atoms with Crippen molar-refractivity contribution in [2.75, 3.05) is 0 Å². The molecule has 2 aromatic heterocycles. The zero-order valence-electron chi connectivity index (χ0n) is 15.7. The Labute approximate surface area is 167 Å². The highest BCUT2D eigenvalue weighted by Gasteiger charge is 2.21. The van der Waals surface area contributed by atoms with Gasteiger partial charge in [-0.05, 0) is 34.5 Å². The van der Waals surface area contributed by atoms with Gasteiger partial charge >= 0.3 is 0 Å². The van der Waals surface area contributed by atoms with Crippen LogP contribution in [0.1, 0.15) is 22.9 Å². The monoisotopic (exact) mass is 381 g/mol. The highest BCUT2D eigenvalue weighted by atomic mass is 16.3. The second kappa shape index (κ2) is 7.32. The summed E-state index contributed by atoms with van der Waals surface area (Å²) < 4.78 is 11.3. The molecule has 0 aliphatic rings. The van der Waals surface area contributed by atoms with E-state index in [0.717, 1.165) is 32.9 Å². The van der Waals surface area contributed by atoms with Gasteiger partial charge in [0.25, 0.3) is 0 Å². The highest BCUT2D eigenvalue weighted by molar-refractivity contribution is 6.08. The predicted octanol–water partition coefficient (Wildman–Crippen LogP) is 5.63. The van der Waals surface area contributed by atoms with Gasteiger partial charge < -0.3 is 14.2 Å². The zero-order valence-corrected chi connectivity index (χ0v) is 15.7. The van der Waals surface area contributed by atoms with Gasteiger partial charge in [0, 0.05) is 10.9 Å². The van der Waals surface area contributed by atoms with Crippen LogP contribution in [0.5, 0.6) is 0 Å². The van der Waals surface area contributed by atoms with Gasteiger partial charge in [0.2, 0.25) is 5.91 Å². The minimum absolute atomic E-state index is 0.0918. The smallest absolute Gasteiger partial charge is 0.225 e. The topological polar surface area (TPSA) is 55.4 Å². The van der Waals surface area contributed by atoms with Crippen LogP contribution in [0.2, 0.25) is 0 Å². The summed E-state index contributed by atoms with van der Waals surface area (Å²) in [6.07, 6.45) is 3.53. The number of hydrogen-bond donors (Lipinski definition) is 1. The summed E-state index contributed by atoms with van der Waals surface area (Å²) in [5.41, 5.74) is 2.64. The number of carbonyl (C=O) groups excluding carboxylic acids is 1. The molecule has 5 rings (SSSR count). The molecule has 2 heterocycles. The van der Waals surface area contributed by atoms with Crippen LogP contribution in [-0.2, 0) is 11.2 Å². The number of benzene rings is 3. The Bertz CT molecular complexity index is 1270. The van der Waals surface area contributed by atoms with Crippen molar-refractivity contribution in [1.82, 2.24) is 5.32 Å². The van der Waals surface area contributed by atoms with Crippen LogP contribution in [0.3, 0.4) is 0 Å². The molecule has 0 saturated heterocycles. The van der Waals surface area contributed by atoms with Crippen molar-refractivity contribution >= 4 is 27.6 Å². The van der Waals surface area contributed by atoms with Crippen molar-refractivity contribution in [2.24, 2.45) is 0 Å². The minimum Gasteiger partial charge on any atom is -0.467 e. The summed E-state index contributed by atoms with van der Waals surface area (Å²) in [6, 6.07) is 25.3. The van der Waals surface area contributed by atoms with E-state index in [1.165, 1.54) is 0 Å². The molecule has 4 nitrogen and oxygen atoms in total. The van der Waals surface area contributed by atoms with Gasteiger partial charge in [0.1, 0.15) is 17.4 Å². The van der Waals surface area contributed by atoms with E-state index in [1.54, 1.807) is 12.5 Å². The number of furan rings is 2. The van der Waals surface area contributed by atoms with Gasteiger partial charge in [0.15, 0.2) is 0 Å². The van der Waals surface area contributed by atoms with Crippen LogP contribution in [0.15, 0.2) is 100 Å². The molecule has 5 aromatic rings. The lowest BCUT2D eigenvalue weighted by molar-refractivity contribution is -0.121. The zero-order chi connectivity index (χ0) is 19.6. The van der Waals surface area contributed by atoms with Crippen molar-refractivity contribution in [2.45, 2.75) is 12.5 Å². The summed E-state index contributed by atoms with van der Waals surface area (Å²) >= 11 is 0. The van der Waals surface area contributed by atoms with Gasteiger partial charge in [-0.25, -0.2) is 0 Å². The van der Waals surface area contributed by atoms with E-state index in [-0.39, 0.29) is 18.4 Å². The van der Waals surface area contributed by atoms with E-state index in [9.17, 15) is 4.79 Å². The normalized spacial score (nSPS) is 12.3. The van der Waals surface area contributed by atoms with Gasteiger partial charge in [-0.1, -0.05) is 60.7 Å². The molecule has 0 aliphatic heterocycles. The molecule has 0 aliphatic carbocycles. The molecule has 1 atom stereocenters. The molecule has 0 unspecified atom stereocenters. The maximum Gasteiger partial charge on any atom is 0.225 e. The Kier molecular flexibility index (Phi) is 4.37. The first-order valence-electron chi connectivity index (χ1n) is 9.55. The summed E-state index contributed by atoms with van der Waals surface area (Å²) in [6.45, 7) is 0. The Balaban J connectivity index is 1.46. The second-order valence-electron chi connectivity index (χ2n) is 7.02. The summed E-state index contributed by atoms with van der Waals surface area (Å²) in [5, 5.41) is 6.32. The maximum absolute atomic E-state index is 13.0. The van der Waals surface area contributed by atoms with Gasteiger partial charge in [-0.15, -0.1) is 0 Å². The molecular formula is C25H19NO3. The number of amides is 1. The van der Waals surface area contributed by atoms with Crippen LogP contribution in [0, 0.1) is 0 Å². The Morgan fingerprint density at radius 3 is 2.52 bits per heavy atom. The standard InChI is InChI=1S/C25H19NO3/c27-23(26-25(22-11-6-14-28-22)18-8-2-1-3-9-18)15-19-16-29-21-13-12-17-7-4-5-10-20(17)24(19)21/h1-14,16,25H,15H2,(H,26,27)/t25-/m0/s1. The quantitative estimate of drug-likeness (QED) is 0.429. The molecule has 0 bridgehead atoms. The molecular weight excluding hydrogens is 362 g/mol. The Morgan fingerprint density at radius 2 is 1.69 bits per heavy atom. The molecule has 142 valence electrons. The van der Waals surface area contributed by atoms with Gasteiger partial charge in [-0.2, -0.15) is 0 Å². The average Bonchev–Trinajstić information content (AvgIpc) is 3.43. The Morgan fingerprint density at radius 1 is 0.862 bits per heavy atom. The van der Waals surface area contributed by atoms with Crippen molar-refractivity contribution in [3.05, 3.63) is 108 Å². The molecule has 3 aromatic carbocycles. The van der Waals surface area contributed by atoms with Crippen LogP contribution < -0.4 is 5.32 Å². The summed E-state index contributed by atoms with van der Waals surface area (Å²) in [4.78, 5) is 13.0. The van der Waals surface area contributed by atoms with Crippen LogP contribution in [0.4, 0.5) is 0 Å².